The highest BCUT2D eigenvalue weighted by Crippen LogP contribution is 2.20. The van der Waals surface area contributed by atoms with Crippen LogP contribution >= 0.6 is 0 Å². The molecule has 0 radical (unpaired) electrons. The van der Waals surface area contributed by atoms with Gasteiger partial charge in [-0.15, -0.1) is 0 Å². The first-order valence-corrected chi connectivity index (χ1v) is 10.7. The monoisotopic (exact) mass is 386 g/mol. The third-order valence-corrected chi connectivity index (χ3v) is 6.09. The molecule has 1 N–H and O–H groups in total. The Morgan fingerprint density at radius 1 is 1.04 bits per heavy atom. The van der Waals surface area contributed by atoms with E-state index in [0.717, 1.165) is 16.0 Å². The van der Waals surface area contributed by atoms with E-state index >= 15 is 0 Å². The van der Waals surface area contributed by atoms with Crippen molar-refractivity contribution >= 4 is 16.7 Å². The summed E-state index contributed by atoms with van der Waals surface area (Å²) in [6, 6.07) is 14.1. The number of amides is 1. The first kappa shape index (κ1) is 21.3. The Morgan fingerprint density at radius 3 is 2.19 bits per heavy atom. The molecule has 0 bridgehead atoms. The zero-order valence-electron chi connectivity index (χ0n) is 17.1. The van der Waals surface area contributed by atoms with Gasteiger partial charge >= 0.3 is 0 Å². The molecule has 2 aromatic rings. The van der Waals surface area contributed by atoms with Crippen molar-refractivity contribution in [3.05, 3.63) is 64.7 Å². The maximum absolute atomic E-state index is 12.5. The highest BCUT2D eigenvalue weighted by Gasteiger charge is 2.17. The number of rotatable bonds is 7. The zero-order chi connectivity index (χ0) is 20.1. The predicted molar refractivity (Wildman–Crippen MR) is 112 cm³/mol. The predicted octanol–water partition coefficient (Wildman–Crippen LogP) is 3.91. The van der Waals surface area contributed by atoms with Crippen LogP contribution < -0.4 is 5.32 Å². The van der Waals surface area contributed by atoms with Gasteiger partial charge in [0.05, 0.1) is 12.6 Å². The van der Waals surface area contributed by atoms with Crippen molar-refractivity contribution in [3.63, 3.8) is 0 Å². The lowest BCUT2D eigenvalue weighted by Gasteiger charge is -2.25. The molecule has 4 nitrogen and oxygen atoms in total. The maximum Gasteiger partial charge on any atom is 0.234 e. The maximum atomic E-state index is 12.5. The van der Waals surface area contributed by atoms with Crippen LogP contribution in [-0.4, -0.2) is 34.9 Å². The molecule has 2 rings (SSSR count). The minimum Gasteiger partial charge on any atom is -0.348 e. The van der Waals surface area contributed by atoms with Crippen molar-refractivity contribution in [2.24, 2.45) is 0 Å². The second kappa shape index (κ2) is 9.29. The number of carbonyl (C=O) groups excluding carboxylic acids is 1. The summed E-state index contributed by atoms with van der Waals surface area (Å²) >= 11 is 0. The first-order valence-electron chi connectivity index (χ1n) is 9.19. The summed E-state index contributed by atoms with van der Waals surface area (Å²) in [4.78, 5) is 15.3. The largest absolute Gasteiger partial charge is 0.348 e. The van der Waals surface area contributed by atoms with E-state index in [2.05, 4.69) is 44.3 Å². The van der Waals surface area contributed by atoms with Gasteiger partial charge in [-0.3, -0.25) is 13.9 Å². The molecule has 1 amide bonds. The van der Waals surface area contributed by atoms with Crippen LogP contribution in [0, 0.1) is 13.8 Å². The van der Waals surface area contributed by atoms with E-state index in [-0.39, 0.29) is 18.0 Å². The molecule has 146 valence electrons. The molecular weight excluding hydrogens is 356 g/mol. The molecule has 27 heavy (non-hydrogen) atoms. The van der Waals surface area contributed by atoms with Crippen molar-refractivity contribution in [1.82, 2.24) is 10.2 Å². The molecule has 0 saturated carbocycles. The lowest BCUT2D eigenvalue weighted by Crippen LogP contribution is -2.37. The highest BCUT2D eigenvalue weighted by molar-refractivity contribution is 7.84. The SMILES string of the molecule is Cc1ccc([C@H](C)NC(=O)CN(C)[C@@H](C)c2ccc([S@](C)=O)cc2)cc1C. The standard InChI is InChI=1S/C22H30N2O2S/c1-15-7-8-20(13-16(15)2)17(3)23-22(25)14-24(5)18(4)19-9-11-21(12-10-19)27(6)26/h7-13,17-18H,14H2,1-6H3,(H,23,25)/t17-,18-,27-/m0/s1. The van der Waals surface area contributed by atoms with Gasteiger partial charge in [-0.2, -0.15) is 0 Å². The second-order valence-corrected chi connectivity index (χ2v) is 8.63. The Labute approximate surface area is 165 Å². The van der Waals surface area contributed by atoms with E-state index < -0.39 is 10.8 Å². The first-order chi connectivity index (χ1) is 12.7. The molecule has 0 aromatic heterocycles. The number of hydrogen-bond acceptors (Lipinski definition) is 3. The molecule has 0 aliphatic carbocycles. The van der Waals surface area contributed by atoms with Crippen LogP contribution in [0.4, 0.5) is 0 Å². The summed E-state index contributed by atoms with van der Waals surface area (Å²) in [7, 11) is 0.965. The lowest BCUT2D eigenvalue weighted by molar-refractivity contribution is -0.123. The van der Waals surface area contributed by atoms with Gasteiger partial charge in [0.25, 0.3) is 0 Å². The van der Waals surface area contributed by atoms with Crippen LogP contribution in [0.15, 0.2) is 47.4 Å². The minimum atomic E-state index is -0.976. The summed E-state index contributed by atoms with van der Waals surface area (Å²) in [5, 5.41) is 3.08. The van der Waals surface area contributed by atoms with Gasteiger partial charge in [0.15, 0.2) is 0 Å². The molecule has 0 aliphatic heterocycles. The van der Waals surface area contributed by atoms with Crippen LogP contribution in [0.3, 0.4) is 0 Å². The third-order valence-electron chi connectivity index (χ3n) is 5.16. The third kappa shape index (κ3) is 5.75. The van der Waals surface area contributed by atoms with E-state index in [0.29, 0.717) is 6.54 Å². The number of hydrogen-bond donors (Lipinski definition) is 1. The summed E-state index contributed by atoms with van der Waals surface area (Å²) in [6.45, 7) is 8.57. The molecule has 0 aliphatic rings. The van der Waals surface area contributed by atoms with Crippen molar-refractivity contribution in [2.75, 3.05) is 19.8 Å². The van der Waals surface area contributed by atoms with Crippen LogP contribution in [0.2, 0.25) is 0 Å². The summed E-state index contributed by atoms with van der Waals surface area (Å²) in [5.41, 5.74) is 4.70. The van der Waals surface area contributed by atoms with E-state index in [1.807, 2.05) is 43.1 Å². The van der Waals surface area contributed by atoms with Gasteiger partial charge in [0, 0.05) is 28.0 Å². The number of carbonyl (C=O) groups is 1. The molecular formula is C22H30N2O2S. The average molecular weight is 387 g/mol. The Kier molecular flexibility index (Phi) is 7.33. The fraction of sp³-hybridized carbons (Fsp3) is 0.409. The topological polar surface area (TPSA) is 49.4 Å². The van der Waals surface area contributed by atoms with Crippen molar-refractivity contribution in [1.29, 1.82) is 0 Å². The molecule has 0 unspecified atom stereocenters. The Balaban J connectivity index is 1.95. The van der Waals surface area contributed by atoms with Gasteiger partial charge in [-0.1, -0.05) is 30.3 Å². The Morgan fingerprint density at radius 2 is 1.63 bits per heavy atom. The average Bonchev–Trinajstić information content (AvgIpc) is 2.63. The van der Waals surface area contributed by atoms with Gasteiger partial charge in [-0.05, 0) is 69.1 Å². The molecule has 5 heteroatoms. The van der Waals surface area contributed by atoms with Crippen molar-refractivity contribution < 1.29 is 9.00 Å². The smallest absolute Gasteiger partial charge is 0.234 e. The summed E-state index contributed by atoms with van der Waals surface area (Å²) < 4.78 is 11.5. The number of nitrogens with zero attached hydrogens (tertiary/aromatic N) is 1. The molecule has 0 fully saturated rings. The van der Waals surface area contributed by atoms with Crippen LogP contribution in [0.5, 0.6) is 0 Å². The lowest BCUT2D eigenvalue weighted by atomic mass is 10.0. The fourth-order valence-corrected chi connectivity index (χ4v) is 3.48. The van der Waals surface area contributed by atoms with Gasteiger partial charge < -0.3 is 5.32 Å². The summed E-state index contributed by atoms with van der Waals surface area (Å²) in [5.74, 6) is 0.00126. The fourth-order valence-electron chi connectivity index (χ4n) is 2.96. The summed E-state index contributed by atoms with van der Waals surface area (Å²) in [6.07, 6.45) is 1.67. The molecule has 2 aromatic carbocycles. The normalized spacial score (nSPS) is 14.6. The molecule has 0 saturated heterocycles. The number of aryl methyl sites for hydroxylation is 2. The Bertz CT molecular complexity index is 818. The van der Waals surface area contributed by atoms with Crippen molar-refractivity contribution in [2.45, 2.75) is 44.7 Å². The number of benzene rings is 2. The van der Waals surface area contributed by atoms with Crippen molar-refractivity contribution in [3.8, 4) is 0 Å². The van der Waals surface area contributed by atoms with Crippen LogP contribution in [0.1, 0.15) is 48.2 Å². The van der Waals surface area contributed by atoms with Crippen LogP contribution in [-0.2, 0) is 15.6 Å². The van der Waals surface area contributed by atoms with Gasteiger partial charge in [0.2, 0.25) is 5.91 Å². The highest BCUT2D eigenvalue weighted by atomic mass is 32.2. The minimum absolute atomic E-state index is 0.00126. The van der Waals surface area contributed by atoms with Crippen LogP contribution in [0.25, 0.3) is 0 Å². The van der Waals surface area contributed by atoms with E-state index in [4.69, 9.17) is 0 Å². The van der Waals surface area contributed by atoms with E-state index in [9.17, 15) is 9.00 Å². The van der Waals surface area contributed by atoms with E-state index in [1.54, 1.807) is 6.26 Å². The number of nitrogens with one attached hydrogen (secondary N) is 1. The Hall–Kier alpha value is -1.98. The zero-order valence-corrected chi connectivity index (χ0v) is 17.9. The van der Waals surface area contributed by atoms with Gasteiger partial charge in [-0.25, -0.2) is 0 Å². The molecule has 3 atom stereocenters. The molecule has 0 heterocycles. The second-order valence-electron chi connectivity index (χ2n) is 7.25. The number of likely N-dealkylation sites (N-methyl/N-ethyl adjacent to an activating group) is 1. The quantitative estimate of drug-likeness (QED) is 0.785. The van der Waals surface area contributed by atoms with Gasteiger partial charge in [0.1, 0.15) is 0 Å². The van der Waals surface area contributed by atoms with E-state index in [1.165, 1.54) is 11.1 Å². The molecule has 0 spiro atoms.